The predicted octanol–water partition coefficient (Wildman–Crippen LogP) is 4.78. The van der Waals surface area contributed by atoms with E-state index in [9.17, 15) is 4.79 Å². The number of para-hydroxylation sites is 3. The molecule has 5 aromatic rings. The largest absolute Gasteiger partial charge is 0.497 e. The highest BCUT2D eigenvalue weighted by Gasteiger charge is 2.15. The van der Waals surface area contributed by atoms with Gasteiger partial charge in [-0.05, 0) is 42.5 Å². The van der Waals surface area contributed by atoms with Crippen LogP contribution in [0.15, 0.2) is 72.8 Å². The van der Waals surface area contributed by atoms with E-state index in [0.29, 0.717) is 13.0 Å². The van der Waals surface area contributed by atoms with E-state index in [2.05, 4.69) is 16.0 Å². The van der Waals surface area contributed by atoms with E-state index in [-0.39, 0.29) is 5.91 Å². The van der Waals surface area contributed by atoms with Crippen LogP contribution in [0.25, 0.3) is 33.1 Å². The van der Waals surface area contributed by atoms with Gasteiger partial charge in [0, 0.05) is 24.0 Å². The Morgan fingerprint density at radius 1 is 0.933 bits per heavy atom. The number of hydrogen-bond acceptors (Lipinski definition) is 4. The molecule has 148 valence electrons. The Kier molecular flexibility index (Phi) is 4.52. The molecule has 3 aromatic carbocycles. The Labute approximate surface area is 173 Å². The zero-order valence-corrected chi connectivity index (χ0v) is 16.5. The number of carbonyl (C=O) groups excluding carboxylic acids is 1. The highest BCUT2D eigenvalue weighted by Crippen LogP contribution is 2.28. The van der Waals surface area contributed by atoms with Crippen LogP contribution in [-0.2, 0) is 11.3 Å². The molecule has 0 aliphatic heterocycles. The van der Waals surface area contributed by atoms with E-state index in [1.807, 2.05) is 66.7 Å². The molecule has 2 heterocycles. The molecular weight excluding hydrogens is 376 g/mol. The second-order valence-electron chi connectivity index (χ2n) is 7.08. The fourth-order valence-electron chi connectivity index (χ4n) is 3.72. The molecule has 0 saturated heterocycles. The summed E-state index contributed by atoms with van der Waals surface area (Å²) < 4.78 is 7.24. The summed E-state index contributed by atoms with van der Waals surface area (Å²) >= 11 is 0. The van der Waals surface area contributed by atoms with E-state index in [1.54, 1.807) is 7.11 Å². The van der Waals surface area contributed by atoms with Gasteiger partial charge in [-0.3, -0.25) is 4.79 Å². The molecule has 6 nitrogen and oxygen atoms in total. The molecule has 0 unspecified atom stereocenters. The van der Waals surface area contributed by atoms with Crippen LogP contribution < -0.4 is 10.1 Å². The summed E-state index contributed by atoms with van der Waals surface area (Å²) in [5.41, 5.74) is 5.14. The number of amides is 1. The van der Waals surface area contributed by atoms with Crippen molar-refractivity contribution in [3.05, 3.63) is 72.8 Å². The number of hydrogen-bond donors (Lipinski definition) is 1. The summed E-state index contributed by atoms with van der Waals surface area (Å²) in [5, 5.41) is 3.98. The molecule has 5 rings (SSSR count). The second kappa shape index (κ2) is 7.48. The van der Waals surface area contributed by atoms with Crippen LogP contribution in [0, 0.1) is 0 Å². The van der Waals surface area contributed by atoms with Gasteiger partial charge in [0.2, 0.25) is 5.91 Å². The minimum atomic E-state index is -0.0557. The molecule has 0 bridgehead atoms. The third kappa shape index (κ3) is 3.22. The topological polar surface area (TPSA) is 69.0 Å². The van der Waals surface area contributed by atoms with Crippen molar-refractivity contribution < 1.29 is 9.53 Å². The Morgan fingerprint density at radius 2 is 1.63 bits per heavy atom. The van der Waals surface area contributed by atoms with Gasteiger partial charge in [-0.15, -0.1) is 0 Å². The Morgan fingerprint density at radius 3 is 2.40 bits per heavy atom. The summed E-state index contributed by atoms with van der Waals surface area (Å²) in [4.78, 5) is 22.2. The van der Waals surface area contributed by atoms with Gasteiger partial charge < -0.3 is 14.6 Å². The van der Waals surface area contributed by atoms with Crippen molar-refractivity contribution >= 4 is 44.7 Å². The number of aromatic nitrogens is 3. The highest BCUT2D eigenvalue weighted by atomic mass is 16.5. The first-order valence-corrected chi connectivity index (χ1v) is 9.80. The van der Waals surface area contributed by atoms with Crippen molar-refractivity contribution in [2.24, 2.45) is 0 Å². The van der Waals surface area contributed by atoms with Gasteiger partial charge in [0.05, 0.1) is 23.7 Å². The van der Waals surface area contributed by atoms with Crippen LogP contribution >= 0.6 is 0 Å². The first-order chi connectivity index (χ1) is 14.7. The zero-order chi connectivity index (χ0) is 20.5. The maximum absolute atomic E-state index is 12.6. The highest BCUT2D eigenvalue weighted by molar-refractivity contribution is 6.06. The lowest BCUT2D eigenvalue weighted by atomic mass is 10.2. The quantitative estimate of drug-likeness (QED) is 0.464. The molecular formula is C24H20N4O2. The fourth-order valence-corrected chi connectivity index (χ4v) is 3.72. The zero-order valence-electron chi connectivity index (χ0n) is 16.5. The van der Waals surface area contributed by atoms with Crippen LogP contribution in [0.2, 0.25) is 0 Å². The lowest BCUT2D eigenvalue weighted by Gasteiger charge is -2.09. The van der Waals surface area contributed by atoms with E-state index in [1.165, 1.54) is 0 Å². The van der Waals surface area contributed by atoms with Gasteiger partial charge in [-0.2, -0.15) is 0 Å². The van der Waals surface area contributed by atoms with Crippen molar-refractivity contribution in [1.82, 2.24) is 14.5 Å². The smallest absolute Gasteiger partial charge is 0.226 e. The van der Waals surface area contributed by atoms with Crippen LogP contribution in [0.5, 0.6) is 5.75 Å². The second-order valence-corrected chi connectivity index (χ2v) is 7.08. The lowest BCUT2D eigenvalue weighted by Crippen LogP contribution is -2.14. The van der Waals surface area contributed by atoms with Gasteiger partial charge in [0.25, 0.3) is 0 Å². The maximum Gasteiger partial charge on any atom is 0.226 e. The standard InChI is InChI=1S/C24H20N4O2/c1-30-17-12-10-16(11-13-17)25-22(29)14-15-28-21-9-5-2-6-18(21)23-24(28)27-20-8-4-3-7-19(20)26-23/h2-13H,14-15H2,1H3,(H,25,29). The van der Waals surface area contributed by atoms with Gasteiger partial charge >= 0.3 is 0 Å². The average molecular weight is 396 g/mol. The van der Waals surface area contributed by atoms with Gasteiger partial charge in [-0.25, -0.2) is 9.97 Å². The Balaban J connectivity index is 1.46. The van der Waals surface area contributed by atoms with Crippen LogP contribution in [0.3, 0.4) is 0 Å². The summed E-state index contributed by atoms with van der Waals surface area (Å²) in [6.07, 6.45) is 0.328. The summed E-state index contributed by atoms with van der Waals surface area (Å²) in [7, 11) is 1.62. The van der Waals surface area contributed by atoms with E-state index >= 15 is 0 Å². The molecule has 0 aliphatic carbocycles. The number of rotatable bonds is 5. The lowest BCUT2D eigenvalue weighted by molar-refractivity contribution is -0.116. The summed E-state index contributed by atoms with van der Waals surface area (Å²) in [6.45, 7) is 0.513. The monoisotopic (exact) mass is 396 g/mol. The van der Waals surface area contributed by atoms with E-state index < -0.39 is 0 Å². The van der Waals surface area contributed by atoms with Crippen molar-refractivity contribution in [3.8, 4) is 5.75 Å². The molecule has 1 amide bonds. The maximum atomic E-state index is 12.6. The normalized spacial score (nSPS) is 11.2. The van der Waals surface area contributed by atoms with Crippen LogP contribution in [0.1, 0.15) is 6.42 Å². The van der Waals surface area contributed by atoms with Gasteiger partial charge in [0.1, 0.15) is 11.3 Å². The summed E-state index contributed by atoms with van der Waals surface area (Å²) in [6, 6.07) is 23.2. The molecule has 0 spiro atoms. The van der Waals surface area contributed by atoms with E-state index in [4.69, 9.17) is 14.7 Å². The number of benzene rings is 3. The molecule has 2 aromatic heterocycles. The third-order valence-corrected chi connectivity index (χ3v) is 5.19. The molecule has 0 atom stereocenters. The molecule has 0 fully saturated rings. The van der Waals surface area contributed by atoms with Crippen LogP contribution in [0.4, 0.5) is 5.69 Å². The molecule has 1 N–H and O–H groups in total. The molecule has 6 heteroatoms. The number of carbonyl (C=O) groups is 1. The number of aryl methyl sites for hydroxylation is 1. The minimum Gasteiger partial charge on any atom is -0.497 e. The van der Waals surface area contributed by atoms with Crippen LogP contribution in [-0.4, -0.2) is 27.6 Å². The van der Waals surface area contributed by atoms with Gasteiger partial charge in [0.15, 0.2) is 5.65 Å². The van der Waals surface area contributed by atoms with Crippen molar-refractivity contribution in [1.29, 1.82) is 0 Å². The number of fused-ring (bicyclic) bond motifs is 4. The predicted molar refractivity (Wildman–Crippen MR) is 119 cm³/mol. The fraction of sp³-hybridized carbons (Fsp3) is 0.125. The van der Waals surface area contributed by atoms with Crippen molar-refractivity contribution in [2.45, 2.75) is 13.0 Å². The Bertz CT molecular complexity index is 1370. The average Bonchev–Trinajstić information content (AvgIpc) is 3.09. The first-order valence-electron chi connectivity index (χ1n) is 9.80. The van der Waals surface area contributed by atoms with Gasteiger partial charge in [-0.1, -0.05) is 30.3 Å². The Hall–Kier alpha value is -3.93. The number of methoxy groups -OCH3 is 1. The number of nitrogens with one attached hydrogen (secondary N) is 1. The SMILES string of the molecule is COc1ccc(NC(=O)CCn2c3ccccc3c3nc4ccccc4nc32)cc1. The molecule has 30 heavy (non-hydrogen) atoms. The number of nitrogens with zero attached hydrogens (tertiary/aromatic N) is 3. The molecule has 0 saturated carbocycles. The minimum absolute atomic E-state index is 0.0557. The van der Waals surface area contributed by atoms with Crippen molar-refractivity contribution in [2.75, 3.05) is 12.4 Å². The number of ether oxygens (including phenoxy) is 1. The molecule has 0 aliphatic rings. The van der Waals surface area contributed by atoms with E-state index in [0.717, 1.165) is 44.5 Å². The number of anilines is 1. The summed E-state index contributed by atoms with van der Waals surface area (Å²) in [5.74, 6) is 0.698. The molecule has 0 radical (unpaired) electrons. The first kappa shape index (κ1) is 18.1. The van der Waals surface area contributed by atoms with Crippen molar-refractivity contribution in [3.63, 3.8) is 0 Å². The third-order valence-electron chi connectivity index (χ3n) is 5.19.